The molecule has 0 unspecified atom stereocenters. The first-order valence-corrected chi connectivity index (χ1v) is 6.78. The van der Waals surface area contributed by atoms with Gasteiger partial charge in [-0.2, -0.15) is 0 Å². The van der Waals surface area contributed by atoms with E-state index in [1.807, 2.05) is 0 Å². The van der Waals surface area contributed by atoms with Gasteiger partial charge < -0.3 is 5.73 Å². The van der Waals surface area contributed by atoms with Crippen LogP contribution in [-0.4, -0.2) is 21.5 Å². The van der Waals surface area contributed by atoms with E-state index in [-0.39, 0.29) is 23.0 Å². The molecule has 0 amide bonds. The number of nitrogens with two attached hydrogens (primary N) is 1. The van der Waals surface area contributed by atoms with Gasteiger partial charge in [-0.25, -0.2) is 13.1 Å². The van der Waals surface area contributed by atoms with E-state index in [0.29, 0.717) is 4.47 Å². The maximum atomic E-state index is 11.7. The Labute approximate surface area is 102 Å². The van der Waals surface area contributed by atoms with E-state index < -0.39 is 10.0 Å². The quantitative estimate of drug-likeness (QED) is 0.881. The molecule has 7 heteroatoms. The third-order valence-corrected chi connectivity index (χ3v) is 4.55. The molecule has 0 bridgehead atoms. The maximum absolute atomic E-state index is 11.7. The lowest BCUT2D eigenvalue weighted by atomic mass is 10.4. The van der Waals surface area contributed by atoms with Crippen LogP contribution < -0.4 is 10.5 Å². The van der Waals surface area contributed by atoms with Gasteiger partial charge in [0.05, 0.1) is 5.02 Å². The molecular weight excluding hydrogens is 304 g/mol. The summed E-state index contributed by atoms with van der Waals surface area (Å²) in [6.07, 6.45) is 0. The second-order valence-electron chi connectivity index (χ2n) is 2.74. The third-order valence-electron chi connectivity index (χ3n) is 1.64. The number of benzene rings is 1. The van der Waals surface area contributed by atoms with E-state index in [1.54, 1.807) is 12.1 Å². The smallest absolute Gasteiger partial charge is 0.242 e. The fourth-order valence-corrected chi connectivity index (χ4v) is 3.04. The van der Waals surface area contributed by atoms with Crippen LogP contribution in [0.3, 0.4) is 0 Å². The Kier molecular flexibility index (Phi) is 4.54. The molecule has 0 spiro atoms. The number of halogens is 2. The minimum atomic E-state index is -3.57. The van der Waals surface area contributed by atoms with Crippen molar-refractivity contribution in [1.29, 1.82) is 0 Å². The standard InChI is InChI=1S/C8H10BrClN2O2S/c9-6-2-1-3-7(8(6)10)15(13,14)12-5-4-11/h1-3,12H,4-5,11H2. The van der Waals surface area contributed by atoms with Crippen LogP contribution in [0.2, 0.25) is 5.02 Å². The fourth-order valence-electron chi connectivity index (χ4n) is 0.963. The van der Waals surface area contributed by atoms with Gasteiger partial charge in [-0.15, -0.1) is 0 Å². The van der Waals surface area contributed by atoms with Crippen molar-refractivity contribution >= 4 is 37.6 Å². The van der Waals surface area contributed by atoms with Crippen LogP contribution in [0.25, 0.3) is 0 Å². The molecule has 1 aromatic rings. The predicted molar refractivity (Wildman–Crippen MR) is 63.4 cm³/mol. The summed E-state index contributed by atoms with van der Waals surface area (Å²) in [6, 6.07) is 4.71. The van der Waals surface area contributed by atoms with Crippen LogP contribution in [0.5, 0.6) is 0 Å². The summed E-state index contributed by atoms with van der Waals surface area (Å²) in [6.45, 7) is 0.427. The van der Waals surface area contributed by atoms with Crippen LogP contribution in [0, 0.1) is 0 Å². The topological polar surface area (TPSA) is 72.2 Å². The zero-order valence-corrected chi connectivity index (χ0v) is 10.9. The maximum Gasteiger partial charge on any atom is 0.242 e. The summed E-state index contributed by atoms with van der Waals surface area (Å²) in [7, 11) is -3.57. The number of rotatable bonds is 4. The molecule has 15 heavy (non-hydrogen) atoms. The lowest BCUT2D eigenvalue weighted by Gasteiger charge is -2.07. The van der Waals surface area contributed by atoms with E-state index in [0.717, 1.165) is 0 Å². The first-order chi connectivity index (χ1) is 6.99. The van der Waals surface area contributed by atoms with Crippen molar-refractivity contribution in [2.75, 3.05) is 13.1 Å². The highest BCUT2D eigenvalue weighted by Crippen LogP contribution is 2.28. The van der Waals surface area contributed by atoms with Crippen molar-refractivity contribution in [1.82, 2.24) is 4.72 Å². The molecule has 0 radical (unpaired) electrons. The molecular formula is C8H10BrClN2O2S. The van der Waals surface area contributed by atoms with Gasteiger partial charge in [0, 0.05) is 17.6 Å². The van der Waals surface area contributed by atoms with Gasteiger partial charge in [0.2, 0.25) is 10.0 Å². The molecule has 0 aliphatic rings. The van der Waals surface area contributed by atoms with Crippen LogP contribution >= 0.6 is 27.5 Å². The molecule has 0 fully saturated rings. The predicted octanol–water partition coefficient (Wildman–Crippen LogP) is 1.34. The number of nitrogens with one attached hydrogen (secondary N) is 1. The van der Waals surface area contributed by atoms with Gasteiger partial charge in [0.15, 0.2) is 0 Å². The van der Waals surface area contributed by atoms with Crippen LogP contribution in [-0.2, 0) is 10.0 Å². The highest BCUT2D eigenvalue weighted by molar-refractivity contribution is 9.10. The fraction of sp³-hybridized carbons (Fsp3) is 0.250. The molecule has 0 aromatic heterocycles. The molecule has 0 saturated heterocycles. The van der Waals surface area contributed by atoms with E-state index in [9.17, 15) is 8.42 Å². The van der Waals surface area contributed by atoms with Gasteiger partial charge in [-0.1, -0.05) is 17.7 Å². The van der Waals surface area contributed by atoms with E-state index in [4.69, 9.17) is 17.3 Å². The number of hydrogen-bond donors (Lipinski definition) is 2. The molecule has 1 rings (SSSR count). The molecule has 0 atom stereocenters. The largest absolute Gasteiger partial charge is 0.329 e. The summed E-state index contributed by atoms with van der Waals surface area (Å²) in [5, 5.41) is 0.169. The Balaban J connectivity index is 3.10. The molecule has 1 aromatic carbocycles. The zero-order valence-electron chi connectivity index (χ0n) is 7.70. The molecule has 4 nitrogen and oxygen atoms in total. The van der Waals surface area contributed by atoms with E-state index >= 15 is 0 Å². The highest BCUT2D eigenvalue weighted by Gasteiger charge is 2.18. The monoisotopic (exact) mass is 312 g/mol. The number of sulfonamides is 1. The minimum absolute atomic E-state index is 0.0481. The van der Waals surface area contributed by atoms with Gasteiger partial charge in [-0.05, 0) is 28.1 Å². The molecule has 84 valence electrons. The van der Waals surface area contributed by atoms with Gasteiger partial charge in [-0.3, -0.25) is 0 Å². The normalized spacial score (nSPS) is 11.7. The second-order valence-corrected chi connectivity index (χ2v) is 5.71. The molecule has 0 heterocycles. The molecule has 0 saturated carbocycles. The third kappa shape index (κ3) is 3.15. The van der Waals surface area contributed by atoms with Crippen LogP contribution in [0.15, 0.2) is 27.6 Å². The van der Waals surface area contributed by atoms with Gasteiger partial charge in [0.1, 0.15) is 4.90 Å². The van der Waals surface area contributed by atoms with Crippen molar-refractivity contribution in [3.8, 4) is 0 Å². The summed E-state index contributed by atoms with van der Waals surface area (Å²) in [5.41, 5.74) is 5.21. The van der Waals surface area contributed by atoms with E-state index in [2.05, 4.69) is 20.7 Å². The Hall–Kier alpha value is -0.140. The second kappa shape index (κ2) is 5.27. The SMILES string of the molecule is NCCNS(=O)(=O)c1cccc(Br)c1Cl. The lowest BCUT2D eigenvalue weighted by Crippen LogP contribution is -2.29. The van der Waals surface area contributed by atoms with Crippen molar-refractivity contribution in [3.05, 3.63) is 27.7 Å². The first kappa shape index (κ1) is 12.9. The summed E-state index contributed by atoms with van der Waals surface area (Å²) >= 11 is 9.02. The number of hydrogen-bond acceptors (Lipinski definition) is 3. The van der Waals surface area contributed by atoms with Gasteiger partial charge in [0.25, 0.3) is 0 Å². The van der Waals surface area contributed by atoms with E-state index in [1.165, 1.54) is 6.07 Å². The lowest BCUT2D eigenvalue weighted by molar-refractivity contribution is 0.582. The average Bonchev–Trinajstić information content (AvgIpc) is 2.19. The Morgan fingerprint density at radius 2 is 2.13 bits per heavy atom. The van der Waals surface area contributed by atoms with Crippen molar-refractivity contribution in [2.45, 2.75) is 4.90 Å². The van der Waals surface area contributed by atoms with Crippen LogP contribution in [0.4, 0.5) is 0 Å². The average molecular weight is 314 g/mol. The van der Waals surface area contributed by atoms with Crippen LogP contribution in [0.1, 0.15) is 0 Å². The molecule has 3 N–H and O–H groups in total. The van der Waals surface area contributed by atoms with Crippen molar-refractivity contribution in [3.63, 3.8) is 0 Å². The Bertz CT molecular complexity index is 450. The van der Waals surface area contributed by atoms with Crippen molar-refractivity contribution in [2.24, 2.45) is 5.73 Å². The summed E-state index contributed by atoms with van der Waals surface area (Å²) < 4.78 is 26.3. The molecule has 0 aliphatic carbocycles. The first-order valence-electron chi connectivity index (χ1n) is 4.13. The summed E-state index contributed by atoms with van der Waals surface area (Å²) in [5.74, 6) is 0. The minimum Gasteiger partial charge on any atom is -0.329 e. The Morgan fingerprint density at radius 3 is 2.73 bits per heavy atom. The van der Waals surface area contributed by atoms with Crippen molar-refractivity contribution < 1.29 is 8.42 Å². The summed E-state index contributed by atoms with van der Waals surface area (Å²) in [4.78, 5) is 0.0481. The van der Waals surface area contributed by atoms with Gasteiger partial charge >= 0.3 is 0 Å². The Morgan fingerprint density at radius 1 is 1.47 bits per heavy atom. The molecule has 0 aliphatic heterocycles. The highest BCUT2D eigenvalue weighted by atomic mass is 79.9. The zero-order chi connectivity index (χ0) is 11.5.